The fourth-order valence-corrected chi connectivity index (χ4v) is 6.31. The average Bonchev–Trinajstić information content (AvgIpc) is 3.27. The van der Waals surface area contributed by atoms with Gasteiger partial charge in [0, 0.05) is 18.1 Å². The predicted octanol–water partition coefficient (Wildman–Crippen LogP) is 3.15. The van der Waals surface area contributed by atoms with Gasteiger partial charge in [-0.1, -0.05) is 52.0 Å². The van der Waals surface area contributed by atoms with Gasteiger partial charge in [0.2, 0.25) is 5.91 Å². The zero-order valence-electron chi connectivity index (χ0n) is 22.5. The number of fused-ring (bicyclic) bond motifs is 1. The Bertz CT molecular complexity index is 1430. The third-order valence-corrected chi connectivity index (χ3v) is 8.33. The number of nitrogens with zero attached hydrogens (tertiary/aromatic N) is 2. The first kappa shape index (κ1) is 28.4. The Morgan fingerprint density at radius 2 is 1.87 bits per heavy atom. The highest BCUT2D eigenvalue weighted by Crippen LogP contribution is 2.30. The Labute approximate surface area is 228 Å². The summed E-state index contributed by atoms with van der Waals surface area (Å²) in [6.45, 7) is 7.23. The SMILES string of the molecule is CC(C)CC(NC(=O)c1cc2ccccc2o1)C(=O)N[C@H]1CC(C)(C)CN(S(=O)(=O)c2ccccn2)CC1=O. The maximum Gasteiger partial charge on any atom is 0.287 e. The lowest BCUT2D eigenvalue weighted by Crippen LogP contribution is -2.53. The third-order valence-electron chi connectivity index (χ3n) is 6.62. The lowest BCUT2D eigenvalue weighted by atomic mass is 9.85. The van der Waals surface area contributed by atoms with E-state index >= 15 is 0 Å². The van der Waals surface area contributed by atoms with E-state index in [0.717, 1.165) is 9.69 Å². The molecule has 1 aliphatic heterocycles. The number of Topliss-reactive ketones (excluding diaryl/α,β-unsaturated/α-hetero) is 1. The van der Waals surface area contributed by atoms with Crippen LogP contribution in [0, 0.1) is 11.3 Å². The molecule has 208 valence electrons. The molecule has 0 aliphatic carbocycles. The minimum atomic E-state index is -4.01. The minimum Gasteiger partial charge on any atom is -0.451 e. The number of carbonyl (C=O) groups excluding carboxylic acids is 3. The van der Waals surface area contributed by atoms with Crippen molar-refractivity contribution in [1.82, 2.24) is 19.9 Å². The molecule has 1 aromatic carbocycles. The molecule has 4 rings (SSSR count). The molecule has 2 amide bonds. The molecule has 3 aromatic rings. The molecule has 11 heteroatoms. The quantitative estimate of drug-likeness (QED) is 0.436. The molecule has 0 saturated carbocycles. The van der Waals surface area contributed by atoms with Crippen LogP contribution in [0.15, 0.2) is 64.2 Å². The monoisotopic (exact) mass is 554 g/mol. The van der Waals surface area contributed by atoms with Gasteiger partial charge in [-0.05, 0) is 48.4 Å². The number of hydrogen-bond acceptors (Lipinski definition) is 7. The topological polar surface area (TPSA) is 139 Å². The summed E-state index contributed by atoms with van der Waals surface area (Å²) in [5.74, 6) is -1.33. The number of nitrogens with one attached hydrogen (secondary N) is 2. The van der Waals surface area contributed by atoms with Crippen LogP contribution in [0.1, 0.15) is 51.1 Å². The fourth-order valence-electron chi connectivity index (χ4n) is 4.78. The summed E-state index contributed by atoms with van der Waals surface area (Å²) >= 11 is 0. The second-order valence-electron chi connectivity index (χ2n) is 11.1. The normalized spacial score (nSPS) is 19.0. The fraction of sp³-hybridized carbons (Fsp3) is 0.429. The van der Waals surface area contributed by atoms with Gasteiger partial charge < -0.3 is 15.1 Å². The number of carbonyl (C=O) groups is 3. The summed E-state index contributed by atoms with van der Waals surface area (Å²) in [7, 11) is -4.01. The lowest BCUT2D eigenvalue weighted by Gasteiger charge is -2.29. The molecule has 1 saturated heterocycles. The summed E-state index contributed by atoms with van der Waals surface area (Å²) in [6.07, 6.45) is 1.95. The van der Waals surface area contributed by atoms with Crippen LogP contribution in [0.2, 0.25) is 0 Å². The minimum absolute atomic E-state index is 0.0667. The second-order valence-corrected chi connectivity index (χ2v) is 13.0. The van der Waals surface area contributed by atoms with Crippen LogP contribution in [0.3, 0.4) is 0 Å². The Hall–Kier alpha value is -3.57. The molecule has 1 aliphatic rings. The second kappa shape index (κ2) is 11.3. The first-order valence-corrected chi connectivity index (χ1v) is 14.3. The molecule has 3 heterocycles. The predicted molar refractivity (Wildman–Crippen MR) is 145 cm³/mol. The number of benzene rings is 1. The molecule has 10 nitrogen and oxygen atoms in total. The van der Waals surface area contributed by atoms with Gasteiger partial charge in [-0.15, -0.1) is 0 Å². The lowest BCUT2D eigenvalue weighted by molar-refractivity contribution is -0.129. The first-order valence-electron chi connectivity index (χ1n) is 12.9. The molecule has 0 radical (unpaired) electrons. The zero-order valence-corrected chi connectivity index (χ0v) is 23.3. The molecular formula is C28H34N4O6S. The van der Waals surface area contributed by atoms with Crippen molar-refractivity contribution in [3.63, 3.8) is 0 Å². The molecule has 2 aromatic heterocycles. The van der Waals surface area contributed by atoms with Gasteiger partial charge >= 0.3 is 0 Å². The number of sulfonamides is 1. The molecule has 1 unspecified atom stereocenters. The van der Waals surface area contributed by atoms with Crippen molar-refractivity contribution in [3.8, 4) is 0 Å². The van der Waals surface area contributed by atoms with Crippen molar-refractivity contribution in [2.45, 2.75) is 57.6 Å². The maximum atomic E-state index is 13.4. The first-order chi connectivity index (χ1) is 18.4. The zero-order chi connectivity index (χ0) is 28.4. The van der Waals surface area contributed by atoms with Crippen molar-refractivity contribution in [2.75, 3.05) is 13.1 Å². The number of aromatic nitrogens is 1. The van der Waals surface area contributed by atoms with E-state index in [1.165, 1.54) is 12.3 Å². The summed E-state index contributed by atoms with van der Waals surface area (Å²) in [5, 5.41) is 6.17. The van der Waals surface area contributed by atoms with Crippen molar-refractivity contribution in [1.29, 1.82) is 0 Å². The molecule has 2 atom stereocenters. The van der Waals surface area contributed by atoms with Crippen LogP contribution >= 0.6 is 0 Å². The molecular weight excluding hydrogens is 520 g/mol. The number of hydrogen-bond donors (Lipinski definition) is 2. The van der Waals surface area contributed by atoms with Gasteiger partial charge in [-0.25, -0.2) is 13.4 Å². The van der Waals surface area contributed by atoms with E-state index in [1.54, 1.807) is 30.3 Å². The summed E-state index contributed by atoms with van der Waals surface area (Å²) in [4.78, 5) is 43.6. The van der Waals surface area contributed by atoms with Crippen molar-refractivity contribution in [2.24, 2.45) is 11.3 Å². The van der Waals surface area contributed by atoms with Crippen LogP contribution in [-0.4, -0.2) is 60.5 Å². The van der Waals surface area contributed by atoms with Gasteiger partial charge in [-0.2, -0.15) is 4.31 Å². The number of furan rings is 1. The number of para-hydroxylation sites is 1. The standard InChI is InChI=1S/C28H34N4O6S/c1-18(2)13-20(30-27(35)24-14-19-9-5-6-10-23(19)38-24)26(34)31-21-15-28(3,4)17-32(16-22(21)33)39(36,37)25-11-7-8-12-29-25/h5-12,14,18,20-21H,13,15-17H2,1-4H3,(H,30,35)(H,31,34)/t20?,21-/m0/s1. The largest absolute Gasteiger partial charge is 0.451 e. The third kappa shape index (κ3) is 6.72. The van der Waals surface area contributed by atoms with Crippen molar-refractivity contribution < 1.29 is 27.2 Å². The number of ketones is 1. The van der Waals surface area contributed by atoms with Gasteiger partial charge in [0.15, 0.2) is 16.6 Å². The van der Waals surface area contributed by atoms with Crippen LogP contribution in [0.25, 0.3) is 11.0 Å². The highest BCUT2D eigenvalue weighted by atomic mass is 32.2. The van der Waals surface area contributed by atoms with Gasteiger partial charge in [0.25, 0.3) is 15.9 Å². The van der Waals surface area contributed by atoms with Crippen molar-refractivity contribution >= 4 is 38.6 Å². The van der Waals surface area contributed by atoms with E-state index < -0.39 is 51.7 Å². The number of amides is 2. The Morgan fingerprint density at radius 3 is 2.54 bits per heavy atom. The summed E-state index contributed by atoms with van der Waals surface area (Å²) in [5.41, 5.74) is -0.0687. The molecule has 0 bridgehead atoms. The molecule has 2 N–H and O–H groups in total. The van der Waals surface area contributed by atoms with E-state index in [-0.39, 0.29) is 29.7 Å². The highest BCUT2D eigenvalue weighted by molar-refractivity contribution is 7.89. The summed E-state index contributed by atoms with van der Waals surface area (Å²) in [6, 6.07) is 11.6. The Balaban J connectivity index is 1.51. The molecule has 1 fully saturated rings. The van der Waals surface area contributed by atoms with Crippen LogP contribution in [0.5, 0.6) is 0 Å². The van der Waals surface area contributed by atoms with E-state index in [9.17, 15) is 22.8 Å². The number of pyridine rings is 1. The van der Waals surface area contributed by atoms with E-state index in [0.29, 0.717) is 12.0 Å². The van der Waals surface area contributed by atoms with Crippen LogP contribution in [0.4, 0.5) is 0 Å². The molecule has 39 heavy (non-hydrogen) atoms. The smallest absolute Gasteiger partial charge is 0.287 e. The van der Waals surface area contributed by atoms with Gasteiger partial charge in [-0.3, -0.25) is 14.4 Å². The highest BCUT2D eigenvalue weighted by Gasteiger charge is 2.41. The van der Waals surface area contributed by atoms with E-state index in [1.807, 2.05) is 39.8 Å². The van der Waals surface area contributed by atoms with Crippen molar-refractivity contribution in [3.05, 3.63) is 60.5 Å². The number of rotatable bonds is 8. The maximum absolute atomic E-state index is 13.4. The Kier molecular flexibility index (Phi) is 8.22. The van der Waals surface area contributed by atoms with E-state index in [4.69, 9.17) is 4.42 Å². The van der Waals surface area contributed by atoms with Gasteiger partial charge in [0.1, 0.15) is 11.6 Å². The van der Waals surface area contributed by atoms with E-state index in [2.05, 4.69) is 15.6 Å². The molecule has 0 spiro atoms. The Morgan fingerprint density at radius 1 is 1.15 bits per heavy atom. The average molecular weight is 555 g/mol. The van der Waals surface area contributed by atoms with Gasteiger partial charge in [0.05, 0.1) is 12.6 Å². The summed E-state index contributed by atoms with van der Waals surface area (Å²) < 4.78 is 33.2. The van der Waals surface area contributed by atoms with Crippen LogP contribution < -0.4 is 10.6 Å². The van der Waals surface area contributed by atoms with Crippen LogP contribution in [-0.2, 0) is 19.6 Å².